The lowest BCUT2D eigenvalue weighted by atomic mass is 9.97. The van der Waals surface area contributed by atoms with Crippen LogP contribution in [-0.4, -0.2) is 48.2 Å². The van der Waals surface area contributed by atoms with Crippen molar-refractivity contribution in [2.75, 3.05) is 36.6 Å². The van der Waals surface area contributed by atoms with Crippen molar-refractivity contribution in [3.8, 4) is 11.5 Å². The maximum atomic E-state index is 12.1. The quantitative estimate of drug-likeness (QED) is 0.764. The van der Waals surface area contributed by atoms with Crippen LogP contribution in [0.15, 0.2) is 36.7 Å². The molecular weight excluding hydrogens is 362 g/mol. The third-order valence-corrected chi connectivity index (χ3v) is 4.84. The number of rotatable bonds is 4. The van der Waals surface area contributed by atoms with E-state index in [2.05, 4.69) is 25.5 Å². The van der Waals surface area contributed by atoms with E-state index in [-0.39, 0.29) is 6.79 Å². The van der Waals surface area contributed by atoms with Crippen molar-refractivity contribution in [1.29, 1.82) is 0 Å². The van der Waals surface area contributed by atoms with Crippen molar-refractivity contribution < 1.29 is 19.1 Å². The molecule has 1 aromatic heterocycles. The molecular formula is C19H21N5O4. The number of nitrogens with zero attached hydrogens (tertiary/aromatic N) is 3. The first kappa shape index (κ1) is 18.0. The lowest BCUT2D eigenvalue weighted by Gasteiger charge is -2.31. The van der Waals surface area contributed by atoms with E-state index >= 15 is 0 Å². The summed E-state index contributed by atoms with van der Waals surface area (Å²) in [5.41, 5.74) is 0.487. The summed E-state index contributed by atoms with van der Waals surface area (Å²) in [6, 6.07) is 6.79. The number of benzene rings is 1. The zero-order chi connectivity index (χ0) is 19.3. The largest absolute Gasteiger partial charge is 0.454 e. The topological polar surface area (TPSA) is 106 Å². The zero-order valence-electron chi connectivity index (χ0n) is 15.3. The molecule has 9 nitrogen and oxygen atoms in total. The Kier molecular flexibility index (Phi) is 5.22. The van der Waals surface area contributed by atoms with E-state index in [9.17, 15) is 9.59 Å². The number of piperidine rings is 1. The molecule has 0 aliphatic carbocycles. The molecule has 1 fully saturated rings. The first-order valence-corrected chi connectivity index (χ1v) is 9.20. The van der Waals surface area contributed by atoms with Gasteiger partial charge in [0.05, 0.1) is 0 Å². The number of ether oxygens (including phenoxy) is 2. The number of hydrogen-bond acceptors (Lipinski definition) is 7. The Morgan fingerprint density at radius 1 is 1.07 bits per heavy atom. The molecule has 0 atom stereocenters. The van der Waals surface area contributed by atoms with E-state index in [4.69, 9.17) is 9.47 Å². The van der Waals surface area contributed by atoms with Crippen LogP contribution in [0.3, 0.4) is 0 Å². The molecule has 2 N–H and O–H groups in total. The number of aromatic nitrogens is 2. The number of carbonyl (C=O) groups excluding carboxylic acids is 2. The van der Waals surface area contributed by atoms with Crippen LogP contribution in [-0.2, 0) is 9.59 Å². The second-order valence-corrected chi connectivity index (χ2v) is 6.71. The number of anilines is 2. The normalized spacial score (nSPS) is 15.9. The lowest BCUT2D eigenvalue weighted by Crippen LogP contribution is -2.42. The highest BCUT2D eigenvalue weighted by Gasteiger charge is 2.23. The SMILES string of the molecule is O=C(NCC1CCN(c2ncccn2)CC1)C(=O)Nc1ccc2c(c1)OCO2. The fourth-order valence-electron chi connectivity index (χ4n) is 3.27. The van der Waals surface area contributed by atoms with Crippen LogP contribution in [0, 0.1) is 5.92 Å². The Balaban J connectivity index is 1.22. The van der Waals surface area contributed by atoms with Gasteiger partial charge in [0, 0.05) is 43.8 Å². The molecule has 0 saturated carbocycles. The highest BCUT2D eigenvalue weighted by Crippen LogP contribution is 2.34. The van der Waals surface area contributed by atoms with Crippen molar-refractivity contribution >= 4 is 23.5 Å². The summed E-state index contributed by atoms with van der Waals surface area (Å²) in [4.78, 5) is 34.9. The molecule has 0 unspecified atom stereocenters. The van der Waals surface area contributed by atoms with Crippen LogP contribution >= 0.6 is 0 Å². The summed E-state index contributed by atoms with van der Waals surface area (Å²) in [7, 11) is 0. The first-order chi connectivity index (χ1) is 13.7. The predicted octanol–water partition coefficient (Wildman–Crippen LogP) is 1.18. The van der Waals surface area contributed by atoms with Crippen molar-refractivity contribution in [2.24, 2.45) is 5.92 Å². The van der Waals surface area contributed by atoms with Gasteiger partial charge in [-0.05, 0) is 37.0 Å². The summed E-state index contributed by atoms with van der Waals surface area (Å²) in [6.07, 6.45) is 5.27. The minimum atomic E-state index is -0.700. The van der Waals surface area contributed by atoms with Gasteiger partial charge in [-0.1, -0.05) is 0 Å². The molecule has 2 aromatic rings. The fourth-order valence-corrected chi connectivity index (χ4v) is 3.27. The second-order valence-electron chi connectivity index (χ2n) is 6.71. The first-order valence-electron chi connectivity index (χ1n) is 9.20. The van der Waals surface area contributed by atoms with Crippen molar-refractivity contribution in [3.05, 3.63) is 36.7 Å². The van der Waals surface area contributed by atoms with Crippen LogP contribution in [0.25, 0.3) is 0 Å². The molecule has 0 bridgehead atoms. The van der Waals surface area contributed by atoms with Gasteiger partial charge in [0.15, 0.2) is 11.5 Å². The highest BCUT2D eigenvalue weighted by atomic mass is 16.7. The van der Waals surface area contributed by atoms with Gasteiger partial charge >= 0.3 is 11.8 Å². The van der Waals surface area contributed by atoms with Crippen LogP contribution in [0.1, 0.15) is 12.8 Å². The van der Waals surface area contributed by atoms with Gasteiger partial charge in [0.25, 0.3) is 0 Å². The van der Waals surface area contributed by atoms with E-state index in [0.29, 0.717) is 29.6 Å². The second kappa shape index (κ2) is 8.12. The maximum absolute atomic E-state index is 12.1. The minimum Gasteiger partial charge on any atom is -0.454 e. The average Bonchev–Trinajstić information content (AvgIpc) is 3.21. The molecule has 28 heavy (non-hydrogen) atoms. The molecule has 3 heterocycles. The van der Waals surface area contributed by atoms with Gasteiger partial charge < -0.3 is 25.0 Å². The Hall–Kier alpha value is -3.36. The number of fused-ring (bicyclic) bond motifs is 1. The summed E-state index contributed by atoms with van der Waals surface area (Å²) in [5, 5.41) is 5.30. The van der Waals surface area contributed by atoms with Crippen molar-refractivity contribution in [2.45, 2.75) is 12.8 Å². The molecule has 0 radical (unpaired) electrons. The maximum Gasteiger partial charge on any atom is 0.313 e. The predicted molar refractivity (Wildman–Crippen MR) is 101 cm³/mol. The molecule has 2 aliphatic heterocycles. The lowest BCUT2D eigenvalue weighted by molar-refractivity contribution is -0.136. The molecule has 1 saturated heterocycles. The van der Waals surface area contributed by atoms with Gasteiger partial charge in [0.1, 0.15) is 0 Å². The molecule has 2 aliphatic rings. The summed E-state index contributed by atoms with van der Waals surface area (Å²) in [6.45, 7) is 2.28. The van der Waals surface area contributed by atoms with Gasteiger partial charge in [-0.15, -0.1) is 0 Å². The van der Waals surface area contributed by atoms with E-state index in [1.807, 2.05) is 0 Å². The van der Waals surface area contributed by atoms with E-state index in [0.717, 1.165) is 31.9 Å². The minimum absolute atomic E-state index is 0.155. The van der Waals surface area contributed by atoms with E-state index in [1.54, 1.807) is 36.7 Å². The highest BCUT2D eigenvalue weighted by molar-refractivity contribution is 6.39. The summed E-state index contributed by atoms with van der Waals surface area (Å²) < 4.78 is 10.5. The molecule has 1 aromatic carbocycles. The van der Waals surface area contributed by atoms with Gasteiger partial charge in [-0.3, -0.25) is 9.59 Å². The molecule has 0 spiro atoms. The number of amides is 2. The molecule has 9 heteroatoms. The molecule has 4 rings (SSSR count). The smallest absolute Gasteiger partial charge is 0.313 e. The van der Waals surface area contributed by atoms with Crippen LogP contribution in [0.4, 0.5) is 11.6 Å². The van der Waals surface area contributed by atoms with Crippen LogP contribution in [0.5, 0.6) is 11.5 Å². The Morgan fingerprint density at radius 2 is 1.82 bits per heavy atom. The van der Waals surface area contributed by atoms with E-state index < -0.39 is 11.8 Å². The molecule has 2 amide bonds. The monoisotopic (exact) mass is 383 g/mol. The Bertz CT molecular complexity index is 853. The van der Waals surface area contributed by atoms with Crippen LogP contribution < -0.4 is 25.0 Å². The van der Waals surface area contributed by atoms with Gasteiger partial charge in [0.2, 0.25) is 12.7 Å². The van der Waals surface area contributed by atoms with Crippen LogP contribution in [0.2, 0.25) is 0 Å². The zero-order valence-corrected chi connectivity index (χ0v) is 15.3. The Morgan fingerprint density at radius 3 is 2.61 bits per heavy atom. The summed E-state index contributed by atoms with van der Waals surface area (Å²) >= 11 is 0. The van der Waals surface area contributed by atoms with Gasteiger partial charge in [-0.25, -0.2) is 9.97 Å². The third-order valence-electron chi connectivity index (χ3n) is 4.84. The number of nitrogens with one attached hydrogen (secondary N) is 2. The summed E-state index contributed by atoms with van der Waals surface area (Å²) in [5.74, 6) is 0.873. The number of hydrogen-bond donors (Lipinski definition) is 2. The Labute approximate surface area is 162 Å². The van der Waals surface area contributed by atoms with Gasteiger partial charge in [-0.2, -0.15) is 0 Å². The molecule has 146 valence electrons. The van der Waals surface area contributed by atoms with Crippen molar-refractivity contribution in [3.63, 3.8) is 0 Å². The van der Waals surface area contributed by atoms with E-state index in [1.165, 1.54) is 0 Å². The third kappa shape index (κ3) is 4.13. The van der Waals surface area contributed by atoms with Crippen molar-refractivity contribution in [1.82, 2.24) is 15.3 Å². The number of carbonyl (C=O) groups is 2. The average molecular weight is 383 g/mol. The standard InChI is InChI=1S/C19H21N5O4/c25-17(18(26)23-14-2-3-15-16(10-14)28-12-27-15)22-11-13-4-8-24(9-5-13)19-20-6-1-7-21-19/h1-3,6-7,10,13H,4-5,8-9,11-12H2,(H,22,25)(H,23,26). The fraction of sp³-hybridized carbons (Fsp3) is 0.368.